The Morgan fingerprint density at radius 1 is 1.53 bits per heavy atom. The van der Waals surface area contributed by atoms with Crippen molar-refractivity contribution in [2.75, 3.05) is 12.9 Å². The molecule has 0 fully saturated rings. The molecule has 15 heavy (non-hydrogen) atoms. The number of rotatable bonds is 4. The summed E-state index contributed by atoms with van der Waals surface area (Å²) in [6.07, 6.45) is 6.94. The Hall–Kier alpha value is 0.0500. The first-order valence-electron chi connectivity index (χ1n) is 5.97. The molecule has 1 N–H and O–H groups in total. The highest BCUT2D eigenvalue weighted by molar-refractivity contribution is 8.02. The van der Waals surface area contributed by atoms with Crippen LogP contribution in [0.5, 0.6) is 0 Å². The summed E-state index contributed by atoms with van der Waals surface area (Å²) in [5.74, 6) is 0.616. The van der Waals surface area contributed by atoms with Crippen molar-refractivity contribution in [1.82, 2.24) is 0 Å². The van der Waals surface area contributed by atoms with Crippen LogP contribution < -0.4 is 0 Å². The van der Waals surface area contributed by atoms with E-state index in [2.05, 4.69) is 27.0 Å². The van der Waals surface area contributed by atoms with Crippen LogP contribution in [0.4, 0.5) is 0 Å². The van der Waals surface area contributed by atoms with Crippen molar-refractivity contribution in [3.8, 4) is 0 Å². The van der Waals surface area contributed by atoms with E-state index >= 15 is 0 Å². The van der Waals surface area contributed by atoms with Crippen molar-refractivity contribution in [2.45, 2.75) is 46.5 Å². The molecule has 1 nitrogen and oxygen atoms in total. The SMILES string of the molecule is CCC(C)C1=C(SC)CCC[C@]1(C)CO. The highest BCUT2D eigenvalue weighted by atomic mass is 32.2. The van der Waals surface area contributed by atoms with E-state index in [4.69, 9.17) is 0 Å². The zero-order valence-electron chi connectivity index (χ0n) is 10.5. The average Bonchev–Trinajstić information content (AvgIpc) is 2.27. The van der Waals surface area contributed by atoms with Gasteiger partial charge in [0.05, 0.1) is 6.61 Å². The van der Waals surface area contributed by atoms with Gasteiger partial charge in [0.2, 0.25) is 0 Å². The van der Waals surface area contributed by atoms with Gasteiger partial charge >= 0.3 is 0 Å². The second-order valence-electron chi connectivity index (χ2n) is 4.92. The van der Waals surface area contributed by atoms with Crippen molar-refractivity contribution in [2.24, 2.45) is 11.3 Å². The number of aliphatic hydroxyl groups is 1. The lowest BCUT2D eigenvalue weighted by atomic mass is 9.69. The quantitative estimate of drug-likeness (QED) is 0.789. The molecule has 1 rings (SSSR count). The minimum absolute atomic E-state index is 0.0476. The summed E-state index contributed by atoms with van der Waals surface area (Å²) in [5, 5.41) is 9.63. The third-order valence-corrected chi connectivity index (χ3v) is 4.70. The van der Waals surface area contributed by atoms with E-state index in [0.29, 0.717) is 12.5 Å². The molecule has 0 aromatic carbocycles. The Balaban J connectivity index is 3.09. The third-order valence-electron chi connectivity index (χ3n) is 3.78. The molecule has 0 saturated carbocycles. The largest absolute Gasteiger partial charge is 0.395 e. The van der Waals surface area contributed by atoms with Crippen LogP contribution in [0.1, 0.15) is 46.5 Å². The predicted molar refractivity (Wildman–Crippen MR) is 69.0 cm³/mol. The zero-order valence-corrected chi connectivity index (χ0v) is 11.3. The maximum Gasteiger partial charge on any atom is 0.0522 e. The zero-order chi connectivity index (χ0) is 11.5. The van der Waals surface area contributed by atoms with E-state index in [1.807, 2.05) is 11.8 Å². The van der Waals surface area contributed by atoms with Gasteiger partial charge in [-0.15, -0.1) is 11.8 Å². The molecule has 0 heterocycles. The maximum absolute atomic E-state index is 9.63. The topological polar surface area (TPSA) is 20.2 Å². The molecule has 0 aromatic rings. The van der Waals surface area contributed by atoms with E-state index in [9.17, 15) is 5.11 Å². The molecule has 88 valence electrons. The lowest BCUT2D eigenvalue weighted by molar-refractivity contribution is 0.145. The Morgan fingerprint density at radius 3 is 2.67 bits per heavy atom. The number of aliphatic hydroxyl groups excluding tert-OH is 1. The first kappa shape index (κ1) is 13.1. The van der Waals surface area contributed by atoms with Crippen LogP contribution in [0.2, 0.25) is 0 Å². The number of allylic oxidation sites excluding steroid dienone is 1. The summed E-state index contributed by atoms with van der Waals surface area (Å²) < 4.78 is 0. The van der Waals surface area contributed by atoms with Crippen LogP contribution in [0.3, 0.4) is 0 Å². The molecule has 0 spiro atoms. The summed E-state index contributed by atoms with van der Waals surface area (Å²) in [4.78, 5) is 1.53. The fraction of sp³-hybridized carbons (Fsp3) is 0.846. The normalized spacial score (nSPS) is 29.4. The van der Waals surface area contributed by atoms with Gasteiger partial charge in [0.1, 0.15) is 0 Å². The van der Waals surface area contributed by atoms with Crippen molar-refractivity contribution in [3.05, 3.63) is 10.5 Å². The lowest BCUT2D eigenvalue weighted by Crippen LogP contribution is -2.31. The second kappa shape index (κ2) is 5.40. The molecule has 0 bridgehead atoms. The fourth-order valence-corrected chi connectivity index (χ4v) is 3.71. The highest BCUT2D eigenvalue weighted by Gasteiger charge is 2.35. The van der Waals surface area contributed by atoms with Gasteiger partial charge in [0.15, 0.2) is 0 Å². The molecular formula is C13H24OS. The van der Waals surface area contributed by atoms with Crippen molar-refractivity contribution in [3.63, 3.8) is 0 Å². The van der Waals surface area contributed by atoms with E-state index in [0.717, 1.165) is 6.42 Å². The molecule has 2 atom stereocenters. The number of hydrogen-bond acceptors (Lipinski definition) is 2. The van der Waals surface area contributed by atoms with Gasteiger partial charge in [-0.05, 0) is 48.3 Å². The Labute approximate surface area is 98.3 Å². The second-order valence-corrected chi connectivity index (χ2v) is 5.82. The van der Waals surface area contributed by atoms with E-state index in [-0.39, 0.29) is 5.41 Å². The molecule has 1 unspecified atom stereocenters. The molecule has 0 aromatic heterocycles. The molecule has 1 aliphatic rings. The van der Waals surface area contributed by atoms with Gasteiger partial charge in [-0.3, -0.25) is 0 Å². The average molecular weight is 228 g/mol. The molecule has 0 amide bonds. The molecule has 0 aliphatic heterocycles. The van der Waals surface area contributed by atoms with E-state index in [1.165, 1.54) is 29.7 Å². The van der Waals surface area contributed by atoms with E-state index in [1.54, 1.807) is 0 Å². The van der Waals surface area contributed by atoms with Crippen LogP contribution in [0, 0.1) is 11.3 Å². The highest BCUT2D eigenvalue weighted by Crippen LogP contribution is 2.47. The minimum Gasteiger partial charge on any atom is -0.395 e. The minimum atomic E-state index is 0.0476. The molecule has 1 aliphatic carbocycles. The summed E-state index contributed by atoms with van der Waals surface area (Å²) in [6, 6.07) is 0. The smallest absolute Gasteiger partial charge is 0.0522 e. The van der Waals surface area contributed by atoms with Crippen LogP contribution in [0.15, 0.2) is 10.5 Å². The molecular weight excluding hydrogens is 204 g/mol. The van der Waals surface area contributed by atoms with E-state index < -0.39 is 0 Å². The van der Waals surface area contributed by atoms with Gasteiger partial charge in [0.25, 0.3) is 0 Å². The molecule has 0 saturated heterocycles. The molecule has 2 heteroatoms. The van der Waals surface area contributed by atoms with Crippen LogP contribution in [0.25, 0.3) is 0 Å². The van der Waals surface area contributed by atoms with Gasteiger partial charge in [-0.1, -0.05) is 20.8 Å². The first-order chi connectivity index (χ1) is 7.09. The first-order valence-corrected chi connectivity index (χ1v) is 7.20. The van der Waals surface area contributed by atoms with Crippen LogP contribution in [-0.4, -0.2) is 18.0 Å². The lowest BCUT2D eigenvalue weighted by Gasteiger charge is -2.39. The fourth-order valence-electron chi connectivity index (χ4n) is 2.70. The van der Waals surface area contributed by atoms with Crippen molar-refractivity contribution >= 4 is 11.8 Å². The van der Waals surface area contributed by atoms with Crippen LogP contribution in [-0.2, 0) is 0 Å². The standard InChI is InChI=1S/C13H24OS/c1-5-10(2)12-11(15-4)7-6-8-13(12,3)9-14/h10,14H,5-9H2,1-4H3/t10?,13-/m1/s1. The van der Waals surface area contributed by atoms with Crippen LogP contribution >= 0.6 is 11.8 Å². The third kappa shape index (κ3) is 2.59. The predicted octanol–water partition coefficient (Wildman–Crippen LogP) is 3.83. The van der Waals surface area contributed by atoms with Crippen molar-refractivity contribution < 1.29 is 5.11 Å². The summed E-state index contributed by atoms with van der Waals surface area (Å²) in [6.45, 7) is 7.06. The number of thioether (sulfide) groups is 1. The molecule has 0 radical (unpaired) electrons. The van der Waals surface area contributed by atoms with Gasteiger partial charge < -0.3 is 5.11 Å². The monoisotopic (exact) mass is 228 g/mol. The summed E-state index contributed by atoms with van der Waals surface area (Å²) >= 11 is 1.88. The Morgan fingerprint density at radius 2 is 2.20 bits per heavy atom. The van der Waals surface area contributed by atoms with Gasteiger partial charge in [-0.25, -0.2) is 0 Å². The van der Waals surface area contributed by atoms with Gasteiger partial charge in [0, 0.05) is 5.41 Å². The van der Waals surface area contributed by atoms with Crippen molar-refractivity contribution in [1.29, 1.82) is 0 Å². The summed E-state index contributed by atoms with van der Waals surface area (Å²) in [5.41, 5.74) is 1.58. The van der Waals surface area contributed by atoms with Gasteiger partial charge in [-0.2, -0.15) is 0 Å². The Bertz CT molecular complexity index is 247. The summed E-state index contributed by atoms with van der Waals surface area (Å²) in [7, 11) is 0. The number of hydrogen-bond donors (Lipinski definition) is 1. The maximum atomic E-state index is 9.63. The Kier molecular flexibility index (Phi) is 4.72.